The van der Waals surface area contributed by atoms with Crippen molar-refractivity contribution < 1.29 is 14.3 Å². The Balaban J connectivity index is 2.41. The molecular formula is C17H22NO3-. The van der Waals surface area contributed by atoms with Gasteiger partial charge in [0.25, 0.3) is 5.97 Å². The highest BCUT2D eigenvalue weighted by atomic mass is 16.5. The van der Waals surface area contributed by atoms with Gasteiger partial charge in [-0.2, -0.15) is 0 Å². The summed E-state index contributed by atoms with van der Waals surface area (Å²) in [6.07, 6.45) is 6.78. The smallest absolute Gasteiger partial charge is 0.288 e. The van der Waals surface area contributed by atoms with Crippen molar-refractivity contribution in [3.63, 3.8) is 0 Å². The van der Waals surface area contributed by atoms with Gasteiger partial charge < -0.3 is 15.2 Å². The lowest BCUT2D eigenvalue weighted by atomic mass is 10.1. The zero-order valence-corrected chi connectivity index (χ0v) is 12.4. The van der Waals surface area contributed by atoms with Gasteiger partial charge in [-0.25, -0.2) is 0 Å². The summed E-state index contributed by atoms with van der Waals surface area (Å²) in [4.78, 5) is 11.4. The molecule has 1 atom stereocenters. The van der Waals surface area contributed by atoms with E-state index in [1.807, 2.05) is 36.4 Å². The lowest BCUT2D eigenvalue weighted by molar-refractivity contribution is -0.143. The summed E-state index contributed by atoms with van der Waals surface area (Å²) >= 11 is 0. The number of carbonyl (C=O) groups is 1. The number of nitrogens with one attached hydrogen (secondary N) is 1. The van der Waals surface area contributed by atoms with Crippen LogP contribution in [-0.2, 0) is 16.0 Å². The lowest BCUT2D eigenvalue weighted by Gasteiger charge is -2.18. The topological polar surface area (TPSA) is 59.3 Å². The first-order valence-corrected chi connectivity index (χ1v) is 7.04. The largest absolute Gasteiger partial charge is 0.665 e. The second-order valence-corrected chi connectivity index (χ2v) is 4.45. The molecule has 21 heavy (non-hydrogen) atoms. The molecule has 0 heterocycles. The predicted octanol–water partition coefficient (Wildman–Crippen LogP) is 3.72. The van der Waals surface area contributed by atoms with Gasteiger partial charge in [-0.3, -0.25) is 4.79 Å². The normalized spacial score (nSPS) is 12.1. The Morgan fingerprint density at radius 2 is 2.10 bits per heavy atom. The Hall–Kier alpha value is -2.07. The van der Waals surface area contributed by atoms with Crippen molar-refractivity contribution in [3.05, 3.63) is 60.4 Å². The number of hydrogen-bond donors (Lipinski definition) is 0. The van der Waals surface area contributed by atoms with Gasteiger partial charge in [0, 0.05) is 0 Å². The van der Waals surface area contributed by atoms with Crippen molar-refractivity contribution in [2.75, 3.05) is 13.2 Å². The number of hydrogen-bond acceptors (Lipinski definition) is 3. The predicted molar refractivity (Wildman–Crippen MR) is 84.3 cm³/mol. The molecule has 0 saturated carbocycles. The minimum Gasteiger partial charge on any atom is -0.665 e. The van der Waals surface area contributed by atoms with E-state index in [1.165, 1.54) is 0 Å². The molecule has 4 nitrogen and oxygen atoms in total. The van der Waals surface area contributed by atoms with E-state index in [-0.39, 0.29) is 0 Å². The molecular weight excluding hydrogens is 266 g/mol. The molecule has 0 fully saturated rings. The number of carbonyl (C=O) groups excluding carboxylic acids is 1. The molecule has 0 aliphatic rings. The van der Waals surface area contributed by atoms with E-state index in [9.17, 15) is 4.79 Å². The molecule has 4 heteroatoms. The molecule has 114 valence electrons. The first-order valence-electron chi connectivity index (χ1n) is 7.04. The molecule has 1 aromatic rings. The van der Waals surface area contributed by atoms with Crippen molar-refractivity contribution in [2.24, 2.45) is 0 Å². The Morgan fingerprint density at radius 3 is 2.71 bits per heavy atom. The zero-order chi connectivity index (χ0) is 15.5. The minimum atomic E-state index is -0.874. The lowest BCUT2D eigenvalue weighted by Crippen LogP contribution is -2.21. The van der Waals surface area contributed by atoms with Gasteiger partial charge >= 0.3 is 0 Å². The summed E-state index contributed by atoms with van der Waals surface area (Å²) in [5, 5.41) is 0. The monoisotopic (exact) mass is 288 g/mol. The molecule has 1 N–H and O–H groups in total. The number of allylic oxidation sites excluding steroid dienone is 2. The molecule has 0 spiro atoms. The SMILES string of the molecule is C=C/C=C/CCOc1ccc(CC([NH-])C(=O)OCC)cc1. The summed E-state index contributed by atoms with van der Waals surface area (Å²) in [6.45, 7) is 6.25. The second-order valence-electron chi connectivity index (χ2n) is 4.45. The maximum absolute atomic E-state index is 11.4. The Kier molecular flexibility index (Phi) is 7.90. The average molecular weight is 288 g/mol. The third-order valence-electron chi connectivity index (χ3n) is 2.76. The summed E-state index contributed by atoms with van der Waals surface area (Å²) in [7, 11) is 0. The molecule has 0 amide bonds. The van der Waals surface area contributed by atoms with Gasteiger partial charge in [0.2, 0.25) is 0 Å². The van der Waals surface area contributed by atoms with E-state index in [2.05, 4.69) is 6.58 Å². The number of rotatable bonds is 9. The van der Waals surface area contributed by atoms with Crippen LogP contribution in [0.4, 0.5) is 0 Å². The summed E-state index contributed by atoms with van der Waals surface area (Å²) in [5.41, 5.74) is 8.64. The molecule has 1 aromatic carbocycles. The molecule has 0 aliphatic heterocycles. The van der Waals surface area contributed by atoms with E-state index < -0.39 is 12.0 Å². The van der Waals surface area contributed by atoms with Crippen molar-refractivity contribution >= 4 is 5.97 Å². The molecule has 1 unspecified atom stereocenters. The first kappa shape index (κ1) is 17.0. The van der Waals surface area contributed by atoms with Gasteiger partial charge in [-0.1, -0.05) is 36.9 Å². The molecule has 0 aromatic heterocycles. The van der Waals surface area contributed by atoms with Crippen LogP contribution in [-0.4, -0.2) is 25.2 Å². The van der Waals surface area contributed by atoms with Gasteiger partial charge in [0.1, 0.15) is 5.75 Å². The number of esters is 1. The van der Waals surface area contributed by atoms with Crippen molar-refractivity contribution in [3.8, 4) is 5.75 Å². The average Bonchev–Trinajstić information content (AvgIpc) is 2.49. The van der Waals surface area contributed by atoms with Gasteiger partial charge in [-0.15, -0.1) is 0 Å². The van der Waals surface area contributed by atoms with Crippen LogP contribution in [0.2, 0.25) is 0 Å². The summed E-state index contributed by atoms with van der Waals surface area (Å²) in [6, 6.07) is 6.57. The van der Waals surface area contributed by atoms with Crippen LogP contribution < -0.4 is 4.74 Å². The third-order valence-corrected chi connectivity index (χ3v) is 2.76. The standard InChI is InChI=1S/C17H22NO3/c1-3-5-6-7-12-21-15-10-8-14(9-11-15)13-16(18)17(19)20-4-2/h3,5-6,8-11,16,18H,1,4,7,12-13H2,2H3/q-1/b6-5+. The van der Waals surface area contributed by atoms with Crippen molar-refractivity contribution in [1.29, 1.82) is 0 Å². The zero-order valence-electron chi connectivity index (χ0n) is 12.4. The van der Waals surface area contributed by atoms with Crippen LogP contribution in [0.25, 0.3) is 5.73 Å². The fraction of sp³-hybridized carbons (Fsp3) is 0.353. The number of ether oxygens (including phenoxy) is 2. The highest BCUT2D eigenvalue weighted by molar-refractivity contribution is 5.77. The first-order chi connectivity index (χ1) is 10.2. The van der Waals surface area contributed by atoms with Crippen LogP contribution >= 0.6 is 0 Å². The van der Waals surface area contributed by atoms with E-state index in [0.717, 1.165) is 17.7 Å². The molecule has 0 aliphatic carbocycles. The molecule has 1 rings (SSSR count). The quantitative estimate of drug-likeness (QED) is 0.395. The fourth-order valence-electron chi connectivity index (χ4n) is 1.72. The van der Waals surface area contributed by atoms with Gasteiger partial charge in [-0.05, 0) is 43.5 Å². The minimum absolute atomic E-state index is 0.307. The Labute approximate surface area is 126 Å². The molecule has 0 bridgehead atoms. The van der Waals surface area contributed by atoms with Gasteiger partial charge in [0.15, 0.2) is 0 Å². The van der Waals surface area contributed by atoms with Crippen LogP contribution in [0.3, 0.4) is 0 Å². The second kappa shape index (κ2) is 9.77. The van der Waals surface area contributed by atoms with Crippen LogP contribution in [0, 0.1) is 0 Å². The van der Waals surface area contributed by atoms with Crippen LogP contribution in [0.5, 0.6) is 5.75 Å². The molecule has 0 saturated heterocycles. The van der Waals surface area contributed by atoms with Crippen LogP contribution in [0.15, 0.2) is 49.1 Å². The Bertz CT molecular complexity index is 465. The van der Waals surface area contributed by atoms with E-state index in [1.54, 1.807) is 13.0 Å². The summed E-state index contributed by atoms with van der Waals surface area (Å²) in [5.74, 6) is 0.301. The van der Waals surface area contributed by atoms with Crippen molar-refractivity contribution in [1.82, 2.24) is 0 Å². The molecule has 0 radical (unpaired) electrons. The van der Waals surface area contributed by atoms with E-state index >= 15 is 0 Å². The van der Waals surface area contributed by atoms with E-state index in [0.29, 0.717) is 19.6 Å². The maximum atomic E-state index is 11.4. The van der Waals surface area contributed by atoms with Crippen molar-refractivity contribution in [2.45, 2.75) is 25.8 Å². The van der Waals surface area contributed by atoms with Gasteiger partial charge in [0.05, 0.1) is 13.2 Å². The van der Waals surface area contributed by atoms with Crippen LogP contribution in [0.1, 0.15) is 18.9 Å². The fourth-order valence-corrected chi connectivity index (χ4v) is 1.72. The Morgan fingerprint density at radius 1 is 1.38 bits per heavy atom. The maximum Gasteiger partial charge on any atom is 0.288 e. The third kappa shape index (κ3) is 6.77. The highest BCUT2D eigenvalue weighted by Gasteiger charge is 2.08. The number of benzene rings is 1. The summed E-state index contributed by atoms with van der Waals surface area (Å²) < 4.78 is 10.4. The highest BCUT2D eigenvalue weighted by Crippen LogP contribution is 2.15. The van der Waals surface area contributed by atoms with E-state index in [4.69, 9.17) is 15.2 Å².